The number of carbonyl (C=O) groups is 1. The molecule has 1 aliphatic heterocycles. The van der Waals surface area contributed by atoms with Crippen LogP contribution in [0.4, 0.5) is 5.69 Å². The highest BCUT2D eigenvalue weighted by Crippen LogP contribution is 2.19. The molecule has 19 heavy (non-hydrogen) atoms. The van der Waals surface area contributed by atoms with Gasteiger partial charge in [0.1, 0.15) is 0 Å². The molecule has 0 unspecified atom stereocenters. The molecule has 0 saturated carbocycles. The van der Waals surface area contributed by atoms with E-state index in [4.69, 9.17) is 16.3 Å². The van der Waals surface area contributed by atoms with Crippen molar-refractivity contribution in [2.24, 2.45) is 0 Å². The lowest BCUT2D eigenvalue weighted by Gasteiger charge is -2.22. The van der Waals surface area contributed by atoms with Crippen molar-refractivity contribution in [3.05, 3.63) is 23.5 Å². The molecular formula is C13H18ClN3O2. The molecule has 2 rings (SSSR count). The molecule has 0 spiro atoms. The fourth-order valence-electron chi connectivity index (χ4n) is 1.96. The number of amides is 1. The first-order chi connectivity index (χ1) is 9.25. The monoisotopic (exact) mass is 283 g/mol. The van der Waals surface area contributed by atoms with Gasteiger partial charge in [0.05, 0.1) is 36.0 Å². The lowest BCUT2D eigenvalue weighted by molar-refractivity contribution is -0.117. The Labute approximate surface area is 117 Å². The van der Waals surface area contributed by atoms with Crippen LogP contribution in [0.2, 0.25) is 5.02 Å². The third-order valence-electron chi connectivity index (χ3n) is 3.01. The molecule has 1 aromatic heterocycles. The van der Waals surface area contributed by atoms with Gasteiger partial charge in [-0.25, -0.2) is 0 Å². The summed E-state index contributed by atoms with van der Waals surface area (Å²) in [4.78, 5) is 15.6. The number of rotatable bonds is 5. The average Bonchev–Trinajstić information content (AvgIpc) is 2.43. The number of hydrogen-bond donors (Lipinski definition) is 2. The first-order valence-corrected chi connectivity index (χ1v) is 6.85. The molecule has 1 aliphatic rings. The number of nitrogens with zero attached hydrogens (tertiary/aromatic N) is 1. The van der Waals surface area contributed by atoms with Crippen molar-refractivity contribution < 1.29 is 9.53 Å². The summed E-state index contributed by atoms with van der Waals surface area (Å²) < 4.78 is 5.67. The summed E-state index contributed by atoms with van der Waals surface area (Å²) >= 11 is 5.93. The third kappa shape index (κ3) is 4.78. The van der Waals surface area contributed by atoms with Gasteiger partial charge in [-0.1, -0.05) is 11.6 Å². The summed E-state index contributed by atoms with van der Waals surface area (Å²) in [5, 5.41) is 6.48. The second kappa shape index (κ2) is 7.43. The van der Waals surface area contributed by atoms with Crippen molar-refractivity contribution in [1.29, 1.82) is 0 Å². The van der Waals surface area contributed by atoms with Crippen LogP contribution in [0.15, 0.2) is 18.5 Å². The van der Waals surface area contributed by atoms with Crippen molar-refractivity contribution >= 4 is 23.2 Å². The van der Waals surface area contributed by atoms with Crippen LogP contribution in [-0.4, -0.2) is 36.7 Å². The fourth-order valence-corrected chi connectivity index (χ4v) is 2.11. The van der Waals surface area contributed by atoms with Gasteiger partial charge < -0.3 is 15.4 Å². The second-order valence-electron chi connectivity index (χ2n) is 4.47. The van der Waals surface area contributed by atoms with Gasteiger partial charge in [-0.3, -0.25) is 9.78 Å². The number of hydrogen-bond acceptors (Lipinski definition) is 4. The van der Waals surface area contributed by atoms with Crippen molar-refractivity contribution in [2.45, 2.75) is 25.4 Å². The van der Waals surface area contributed by atoms with E-state index >= 15 is 0 Å². The topological polar surface area (TPSA) is 63.2 Å². The van der Waals surface area contributed by atoms with E-state index in [0.717, 1.165) is 25.9 Å². The maximum Gasteiger partial charge on any atom is 0.226 e. The average molecular weight is 284 g/mol. The van der Waals surface area contributed by atoms with Crippen LogP contribution in [0, 0.1) is 0 Å². The Bertz CT molecular complexity index is 422. The zero-order valence-corrected chi connectivity index (χ0v) is 11.4. The van der Waals surface area contributed by atoms with Gasteiger partial charge in [0, 0.05) is 6.20 Å². The summed E-state index contributed by atoms with van der Waals surface area (Å²) in [6, 6.07) is 1.64. The van der Waals surface area contributed by atoms with Gasteiger partial charge in [-0.15, -0.1) is 0 Å². The van der Waals surface area contributed by atoms with Crippen LogP contribution in [-0.2, 0) is 9.53 Å². The third-order valence-corrected chi connectivity index (χ3v) is 3.34. The van der Waals surface area contributed by atoms with Crippen LogP contribution >= 0.6 is 11.6 Å². The van der Waals surface area contributed by atoms with E-state index in [1.807, 2.05) is 0 Å². The molecule has 1 aromatic rings. The van der Waals surface area contributed by atoms with Crippen LogP contribution < -0.4 is 10.6 Å². The van der Waals surface area contributed by atoms with Crippen LogP contribution in [0.3, 0.4) is 0 Å². The predicted octanol–water partition coefficient (Wildman–Crippen LogP) is 1.83. The van der Waals surface area contributed by atoms with Crippen molar-refractivity contribution in [2.75, 3.05) is 25.0 Å². The molecule has 0 radical (unpaired) electrons. The van der Waals surface area contributed by atoms with Gasteiger partial charge >= 0.3 is 0 Å². The Hall–Kier alpha value is -1.17. The predicted molar refractivity (Wildman–Crippen MR) is 74.3 cm³/mol. The molecule has 1 fully saturated rings. The van der Waals surface area contributed by atoms with Gasteiger partial charge in [-0.05, 0) is 32.0 Å². The minimum absolute atomic E-state index is 0.108. The molecular weight excluding hydrogens is 266 g/mol. The van der Waals surface area contributed by atoms with E-state index < -0.39 is 0 Å². The molecule has 2 N–H and O–H groups in total. The molecule has 2 heterocycles. The minimum Gasteiger partial charge on any atom is -0.378 e. The summed E-state index contributed by atoms with van der Waals surface area (Å²) in [6.07, 6.45) is 5.74. The summed E-state index contributed by atoms with van der Waals surface area (Å²) in [7, 11) is 0. The van der Waals surface area contributed by atoms with E-state index in [1.165, 1.54) is 6.20 Å². The molecule has 5 nitrogen and oxygen atoms in total. The standard InChI is InChI=1S/C13H18ClN3O2/c14-11-3-7-16-9-12(11)17-13(18)4-8-19-10-1-5-15-6-2-10/h3,7,9-10,15H,1-2,4-6,8H2,(H,17,18). The molecule has 0 aliphatic carbocycles. The number of carbonyl (C=O) groups excluding carboxylic acids is 1. The number of nitrogens with one attached hydrogen (secondary N) is 2. The smallest absolute Gasteiger partial charge is 0.226 e. The van der Waals surface area contributed by atoms with E-state index in [-0.39, 0.29) is 12.0 Å². The van der Waals surface area contributed by atoms with Crippen LogP contribution in [0.25, 0.3) is 0 Å². The molecule has 0 atom stereocenters. The zero-order chi connectivity index (χ0) is 13.5. The summed E-state index contributed by atoms with van der Waals surface area (Å²) in [5.74, 6) is -0.108. The fraction of sp³-hybridized carbons (Fsp3) is 0.538. The first kappa shape index (κ1) is 14.2. The highest BCUT2D eigenvalue weighted by molar-refractivity contribution is 6.33. The van der Waals surface area contributed by atoms with Crippen LogP contribution in [0.5, 0.6) is 0 Å². The van der Waals surface area contributed by atoms with Crippen molar-refractivity contribution in [3.8, 4) is 0 Å². The largest absolute Gasteiger partial charge is 0.378 e. The molecule has 6 heteroatoms. The highest BCUT2D eigenvalue weighted by atomic mass is 35.5. The summed E-state index contributed by atoms with van der Waals surface area (Å²) in [5.41, 5.74) is 0.538. The summed E-state index contributed by atoms with van der Waals surface area (Å²) in [6.45, 7) is 2.42. The Morgan fingerprint density at radius 3 is 3.05 bits per heavy atom. The normalized spacial score (nSPS) is 16.3. The number of anilines is 1. The SMILES string of the molecule is O=C(CCOC1CCNCC1)Nc1cnccc1Cl. The number of aromatic nitrogens is 1. The quantitative estimate of drug-likeness (QED) is 0.865. The van der Waals surface area contributed by atoms with Gasteiger partial charge in [-0.2, -0.15) is 0 Å². The Morgan fingerprint density at radius 1 is 1.53 bits per heavy atom. The van der Waals surface area contributed by atoms with E-state index in [1.54, 1.807) is 12.3 Å². The van der Waals surface area contributed by atoms with Gasteiger partial charge in [0.25, 0.3) is 0 Å². The number of pyridine rings is 1. The molecule has 1 amide bonds. The van der Waals surface area contributed by atoms with Crippen LogP contribution in [0.1, 0.15) is 19.3 Å². The van der Waals surface area contributed by atoms with E-state index in [9.17, 15) is 4.79 Å². The minimum atomic E-state index is -0.108. The van der Waals surface area contributed by atoms with Crippen molar-refractivity contribution in [1.82, 2.24) is 10.3 Å². The highest BCUT2D eigenvalue weighted by Gasteiger charge is 2.13. The molecule has 0 aromatic carbocycles. The zero-order valence-electron chi connectivity index (χ0n) is 10.7. The second-order valence-corrected chi connectivity index (χ2v) is 4.88. The van der Waals surface area contributed by atoms with E-state index in [0.29, 0.717) is 23.7 Å². The maximum absolute atomic E-state index is 11.7. The Kier molecular flexibility index (Phi) is 5.57. The van der Waals surface area contributed by atoms with Gasteiger partial charge in [0.15, 0.2) is 0 Å². The maximum atomic E-state index is 11.7. The Balaban J connectivity index is 1.68. The van der Waals surface area contributed by atoms with E-state index in [2.05, 4.69) is 15.6 Å². The molecule has 104 valence electrons. The lowest BCUT2D eigenvalue weighted by atomic mass is 10.1. The lowest BCUT2D eigenvalue weighted by Crippen LogP contribution is -2.33. The molecule has 1 saturated heterocycles. The number of ether oxygens (including phenoxy) is 1. The molecule has 0 bridgehead atoms. The first-order valence-electron chi connectivity index (χ1n) is 6.47. The number of piperidine rings is 1. The number of halogens is 1. The van der Waals surface area contributed by atoms with Crippen molar-refractivity contribution in [3.63, 3.8) is 0 Å². The van der Waals surface area contributed by atoms with Gasteiger partial charge in [0.2, 0.25) is 5.91 Å². The Morgan fingerprint density at radius 2 is 2.32 bits per heavy atom.